The van der Waals surface area contributed by atoms with Gasteiger partial charge in [0.15, 0.2) is 10.3 Å². The summed E-state index contributed by atoms with van der Waals surface area (Å²) < 4.78 is 0. The highest BCUT2D eigenvalue weighted by Crippen LogP contribution is 2.37. The highest BCUT2D eigenvalue weighted by Gasteiger charge is 2.20. The van der Waals surface area contributed by atoms with Crippen LogP contribution < -0.4 is 10.2 Å². The molecule has 9 nitrogen and oxygen atoms in total. The van der Waals surface area contributed by atoms with Gasteiger partial charge in [0.25, 0.3) is 0 Å². The number of aromatic nitrogens is 6. The molecule has 0 bridgehead atoms. The zero-order valence-electron chi connectivity index (χ0n) is 23.0. The third-order valence-corrected chi connectivity index (χ3v) is 7.86. The average Bonchev–Trinajstić information content (AvgIpc) is 3.38. The van der Waals surface area contributed by atoms with Crippen molar-refractivity contribution in [2.75, 3.05) is 44.4 Å². The van der Waals surface area contributed by atoms with Gasteiger partial charge in [0.2, 0.25) is 5.95 Å². The first-order valence-corrected chi connectivity index (χ1v) is 13.8. The number of thiazole rings is 2. The first-order valence-electron chi connectivity index (χ1n) is 12.2. The molecule has 0 spiro atoms. The molecule has 11 heteroatoms. The second kappa shape index (κ2) is 10.8. The fourth-order valence-corrected chi connectivity index (χ4v) is 5.53. The lowest BCUT2D eigenvalue weighted by Gasteiger charge is -2.20. The van der Waals surface area contributed by atoms with Crippen molar-refractivity contribution in [2.24, 2.45) is 0 Å². The lowest BCUT2D eigenvalue weighted by molar-refractivity contribution is 0.415. The largest absolute Gasteiger partial charge is 0.343 e. The molecule has 0 saturated carbocycles. The molecule has 0 unspecified atom stereocenters. The van der Waals surface area contributed by atoms with E-state index in [0.29, 0.717) is 0 Å². The Kier molecular flexibility index (Phi) is 7.86. The van der Waals surface area contributed by atoms with Gasteiger partial charge >= 0.3 is 0 Å². The average molecular weight is 538 g/mol. The number of hydrogen-bond acceptors (Lipinski definition) is 11. The lowest BCUT2D eigenvalue weighted by atomic mass is 9.95. The molecule has 4 aromatic heterocycles. The van der Waals surface area contributed by atoms with E-state index < -0.39 is 0 Å². The molecule has 4 heterocycles. The second-order valence-electron chi connectivity index (χ2n) is 10.4. The molecule has 4 rings (SSSR count). The maximum absolute atomic E-state index is 4.86. The highest BCUT2D eigenvalue weighted by atomic mass is 32.1. The number of aryl methyl sites for hydroxylation is 3. The van der Waals surface area contributed by atoms with E-state index in [1.807, 2.05) is 46.1 Å². The Hall–Kier alpha value is -3.02. The smallest absolute Gasteiger partial charge is 0.225 e. The quantitative estimate of drug-likeness (QED) is 0.313. The third-order valence-electron chi connectivity index (χ3n) is 5.67. The normalized spacial score (nSPS) is 11.8. The third kappa shape index (κ3) is 6.46. The van der Waals surface area contributed by atoms with E-state index in [1.165, 1.54) is 0 Å². The summed E-state index contributed by atoms with van der Waals surface area (Å²) in [6.45, 7) is 14.1. The monoisotopic (exact) mass is 537 g/mol. The Labute approximate surface area is 227 Å². The summed E-state index contributed by atoms with van der Waals surface area (Å²) in [4.78, 5) is 34.6. The van der Waals surface area contributed by atoms with E-state index in [2.05, 4.69) is 60.0 Å². The number of rotatable bonds is 8. The van der Waals surface area contributed by atoms with Crippen LogP contribution in [0.1, 0.15) is 43.7 Å². The summed E-state index contributed by atoms with van der Waals surface area (Å²) >= 11 is 3.15. The molecule has 0 aliphatic carbocycles. The molecule has 0 radical (unpaired) electrons. The predicted molar refractivity (Wildman–Crippen MR) is 154 cm³/mol. The Bertz CT molecular complexity index is 1390. The summed E-state index contributed by atoms with van der Waals surface area (Å²) in [6, 6.07) is 3.96. The Morgan fingerprint density at radius 2 is 1.43 bits per heavy atom. The number of anilines is 3. The molecule has 0 amide bonds. The van der Waals surface area contributed by atoms with Crippen LogP contribution in [0.3, 0.4) is 0 Å². The summed E-state index contributed by atoms with van der Waals surface area (Å²) in [7, 11) is 6.16. The zero-order valence-corrected chi connectivity index (χ0v) is 24.7. The molecule has 0 aliphatic heterocycles. The number of hydrogen-bond donors (Lipinski definition) is 1. The van der Waals surface area contributed by atoms with Crippen molar-refractivity contribution in [3.05, 3.63) is 41.2 Å². The number of nitrogens with one attached hydrogen (secondary N) is 1. The molecule has 196 valence electrons. The van der Waals surface area contributed by atoms with E-state index >= 15 is 0 Å². The highest BCUT2D eigenvalue weighted by molar-refractivity contribution is 7.21. The van der Waals surface area contributed by atoms with Crippen molar-refractivity contribution in [2.45, 2.75) is 47.0 Å². The van der Waals surface area contributed by atoms with Crippen molar-refractivity contribution >= 4 is 38.9 Å². The molecule has 4 aromatic rings. The molecule has 0 fully saturated rings. The van der Waals surface area contributed by atoms with Crippen LogP contribution in [0.5, 0.6) is 0 Å². The van der Waals surface area contributed by atoms with E-state index in [-0.39, 0.29) is 5.41 Å². The van der Waals surface area contributed by atoms with Gasteiger partial charge in [-0.15, -0.1) is 0 Å². The van der Waals surface area contributed by atoms with Crippen molar-refractivity contribution in [1.82, 2.24) is 34.8 Å². The van der Waals surface area contributed by atoms with Crippen molar-refractivity contribution in [1.29, 1.82) is 0 Å². The van der Waals surface area contributed by atoms with Crippen molar-refractivity contribution in [3.8, 4) is 21.1 Å². The van der Waals surface area contributed by atoms with Gasteiger partial charge in [-0.25, -0.2) is 29.9 Å². The van der Waals surface area contributed by atoms with Crippen LogP contribution in [-0.4, -0.2) is 69.0 Å². The van der Waals surface area contributed by atoms with Gasteiger partial charge in [0.1, 0.15) is 5.82 Å². The number of nitrogens with zero attached hydrogens (tertiary/aromatic N) is 8. The second-order valence-corrected chi connectivity index (χ2v) is 12.4. The summed E-state index contributed by atoms with van der Waals surface area (Å²) in [5, 5.41) is 4.97. The number of likely N-dealkylation sites (N-methyl/N-ethyl adjacent to an activating group) is 2. The van der Waals surface area contributed by atoms with E-state index in [4.69, 9.17) is 19.9 Å². The van der Waals surface area contributed by atoms with Gasteiger partial charge in [-0.1, -0.05) is 43.4 Å². The van der Waals surface area contributed by atoms with Crippen LogP contribution in [0.4, 0.5) is 16.2 Å². The summed E-state index contributed by atoms with van der Waals surface area (Å²) in [5.41, 5.74) is 4.43. The maximum atomic E-state index is 4.86. The molecular weight excluding hydrogens is 502 g/mol. The maximum Gasteiger partial charge on any atom is 0.225 e. The Morgan fingerprint density at radius 1 is 0.811 bits per heavy atom. The topological polar surface area (TPSA) is 95.8 Å². The van der Waals surface area contributed by atoms with E-state index in [9.17, 15) is 0 Å². The molecule has 0 saturated heterocycles. The molecule has 0 atom stereocenters. The molecular formula is C26H35N9S2. The minimum atomic E-state index is -0.120. The Morgan fingerprint density at radius 3 is 2.03 bits per heavy atom. The van der Waals surface area contributed by atoms with Gasteiger partial charge < -0.3 is 15.1 Å². The fourth-order valence-electron chi connectivity index (χ4n) is 3.60. The fraction of sp³-hybridized carbons (Fsp3) is 0.462. The van der Waals surface area contributed by atoms with Gasteiger partial charge in [-0.05, 0) is 47.0 Å². The minimum absolute atomic E-state index is 0.120. The molecule has 0 aromatic carbocycles. The van der Waals surface area contributed by atoms with Crippen molar-refractivity contribution < 1.29 is 0 Å². The van der Waals surface area contributed by atoms with Crippen LogP contribution in [0.25, 0.3) is 21.1 Å². The van der Waals surface area contributed by atoms with Crippen LogP contribution >= 0.6 is 22.7 Å². The van der Waals surface area contributed by atoms with Crippen LogP contribution in [0.15, 0.2) is 18.3 Å². The Balaban J connectivity index is 1.58. The first kappa shape index (κ1) is 27.0. The van der Waals surface area contributed by atoms with Gasteiger partial charge in [0, 0.05) is 37.4 Å². The predicted octanol–water partition coefficient (Wildman–Crippen LogP) is 5.48. The van der Waals surface area contributed by atoms with Gasteiger partial charge in [0.05, 0.1) is 32.5 Å². The zero-order chi connectivity index (χ0) is 26.9. The molecule has 0 aliphatic rings. The van der Waals surface area contributed by atoms with E-state index in [1.54, 1.807) is 22.7 Å². The van der Waals surface area contributed by atoms with Crippen LogP contribution in [-0.2, 0) is 5.41 Å². The molecule has 1 N–H and O–H groups in total. The van der Waals surface area contributed by atoms with Crippen LogP contribution in [0.2, 0.25) is 0 Å². The summed E-state index contributed by atoms with van der Waals surface area (Å²) in [6.07, 6.45) is 1.82. The van der Waals surface area contributed by atoms with Gasteiger partial charge in [-0.2, -0.15) is 0 Å². The standard InChI is InChI=1S/C26H35N9S2/c1-15-14-19(32-23(28-15)35(9)13-12-34(7)8)21-17(3)30-25(37-21)33-24-29-16(2)20(36-24)18-10-11-27-22(31-18)26(4,5)6/h10-11,14H,12-13H2,1-9H3,(H,29,30,33). The first-order chi connectivity index (χ1) is 17.4. The minimum Gasteiger partial charge on any atom is -0.343 e. The van der Waals surface area contributed by atoms with Crippen LogP contribution in [0, 0.1) is 20.8 Å². The molecule has 37 heavy (non-hydrogen) atoms. The van der Waals surface area contributed by atoms with Crippen molar-refractivity contribution in [3.63, 3.8) is 0 Å². The lowest BCUT2D eigenvalue weighted by Crippen LogP contribution is -2.29. The summed E-state index contributed by atoms with van der Waals surface area (Å²) in [5.74, 6) is 1.54. The van der Waals surface area contributed by atoms with E-state index in [0.717, 1.165) is 73.3 Å². The van der Waals surface area contributed by atoms with Gasteiger partial charge in [-0.3, -0.25) is 0 Å². The SMILES string of the molecule is Cc1cc(-c2sc(Nc3nc(C)c(-c4ccnc(C(C)(C)C)n4)s3)nc2C)nc(N(C)CCN(C)C)n1.